The summed E-state index contributed by atoms with van der Waals surface area (Å²) >= 11 is 0. The Balaban J connectivity index is 1.88. The summed E-state index contributed by atoms with van der Waals surface area (Å²) in [6.07, 6.45) is 5.06. The van der Waals surface area contributed by atoms with Gasteiger partial charge in [0.2, 0.25) is 0 Å². The van der Waals surface area contributed by atoms with Crippen LogP contribution in [0.2, 0.25) is 0 Å². The first-order chi connectivity index (χ1) is 8.20. The minimum Gasteiger partial charge on any atom is -0.493 e. The van der Waals surface area contributed by atoms with Crippen LogP contribution in [-0.2, 0) is 6.42 Å². The van der Waals surface area contributed by atoms with Gasteiger partial charge in [-0.25, -0.2) is 0 Å². The fraction of sp³-hybridized carbons (Fsp3) is 0.571. The lowest BCUT2D eigenvalue weighted by molar-refractivity contribution is 0.149. The third kappa shape index (κ3) is 2.39. The molecule has 0 amide bonds. The highest BCUT2D eigenvalue weighted by molar-refractivity contribution is 5.48. The fourth-order valence-electron chi connectivity index (χ4n) is 2.02. The molecular weight excluding hydrogens is 216 g/mol. The van der Waals surface area contributed by atoms with Crippen LogP contribution in [-0.4, -0.2) is 23.9 Å². The van der Waals surface area contributed by atoms with Gasteiger partial charge in [0, 0.05) is 12.0 Å². The lowest BCUT2D eigenvalue weighted by Crippen LogP contribution is -2.12. The molecule has 0 bridgehead atoms. The van der Waals surface area contributed by atoms with Crippen molar-refractivity contribution in [1.29, 1.82) is 0 Å². The van der Waals surface area contributed by atoms with Crippen molar-refractivity contribution in [2.24, 2.45) is 0 Å². The highest BCUT2D eigenvalue weighted by Gasteiger charge is 2.41. The summed E-state index contributed by atoms with van der Waals surface area (Å²) in [5.74, 6) is 1.61. The number of hydrogen-bond acceptors (Lipinski definition) is 3. The van der Waals surface area contributed by atoms with Crippen LogP contribution >= 0.6 is 0 Å². The van der Waals surface area contributed by atoms with E-state index in [-0.39, 0.29) is 0 Å². The molecule has 0 aromatic heterocycles. The highest BCUT2D eigenvalue weighted by atomic mass is 16.5. The summed E-state index contributed by atoms with van der Waals surface area (Å²) in [5, 5.41) is 10.0. The lowest BCUT2D eigenvalue weighted by Gasteiger charge is -2.16. The number of methoxy groups -OCH3 is 1. The van der Waals surface area contributed by atoms with Crippen molar-refractivity contribution >= 4 is 0 Å². The summed E-state index contributed by atoms with van der Waals surface area (Å²) < 4.78 is 11.3. The largest absolute Gasteiger partial charge is 0.493 e. The monoisotopic (exact) mass is 234 g/mol. The minimum absolute atomic E-state index is 0.346. The van der Waals surface area contributed by atoms with E-state index in [0.717, 1.165) is 42.7 Å². The van der Waals surface area contributed by atoms with E-state index in [4.69, 9.17) is 9.47 Å². The Morgan fingerprint density at radius 1 is 1.35 bits per heavy atom. The van der Waals surface area contributed by atoms with Crippen molar-refractivity contribution < 1.29 is 14.6 Å². The second-order valence-corrected chi connectivity index (χ2v) is 5.17. The first-order valence-corrected chi connectivity index (χ1v) is 6.25. The second-order valence-electron chi connectivity index (χ2n) is 5.17. The normalized spacial score (nSPS) is 21.1. The van der Waals surface area contributed by atoms with Crippen LogP contribution in [0.4, 0.5) is 0 Å². The van der Waals surface area contributed by atoms with Crippen LogP contribution in [0.3, 0.4) is 0 Å². The van der Waals surface area contributed by atoms with Crippen molar-refractivity contribution in [3.05, 3.63) is 23.8 Å². The van der Waals surface area contributed by atoms with Gasteiger partial charge in [-0.1, -0.05) is 12.1 Å². The van der Waals surface area contributed by atoms with Crippen LogP contribution in [0.1, 0.15) is 31.2 Å². The van der Waals surface area contributed by atoms with Gasteiger partial charge in [0.25, 0.3) is 0 Å². The summed E-state index contributed by atoms with van der Waals surface area (Å²) in [6.45, 7) is 0. The average Bonchev–Trinajstić information content (AvgIpc) is 3.21. The van der Waals surface area contributed by atoms with E-state index in [2.05, 4.69) is 0 Å². The Morgan fingerprint density at radius 2 is 2.12 bits per heavy atom. The Labute approximate surface area is 101 Å². The predicted octanol–water partition coefficient (Wildman–Crippen LogP) is 2.30. The second kappa shape index (κ2) is 3.91. The van der Waals surface area contributed by atoms with Crippen molar-refractivity contribution in [1.82, 2.24) is 0 Å². The molecule has 1 aromatic carbocycles. The number of ether oxygens (including phenoxy) is 2. The third-order valence-corrected chi connectivity index (χ3v) is 3.44. The van der Waals surface area contributed by atoms with E-state index in [9.17, 15) is 5.11 Å². The van der Waals surface area contributed by atoms with Crippen LogP contribution < -0.4 is 9.47 Å². The Kier molecular flexibility index (Phi) is 2.51. The maximum atomic E-state index is 10.0. The van der Waals surface area contributed by atoms with Gasteiger partial charge in [-0.05, 0) is 31.7 Å². The van der Waals surface area contributed by atoms with Crippen molar-refractivity contribution in [3.8, 4) is 11.5 Å². The number of para-hydroxylation sites is 1. The molecular formula is C14H18O3. The summed E-state index contributed by atoms with van der Waals surface area (Å²) in [6, 6.07) is 5.90. The van der Waals surface area contributed by atoms with Crippen LogP contribution in [0, 0.1) is 0 Å². The Bertz CT molecular complexity index is 419. The van der Waals surface area contributed by atoms with E-state index in [1.807, 2.05) is 18.2 Å². The van der Waals surface area contributed by atoms with Crippen molar-refractivity contribution in [3.63, 3.8) is 0 Å². The molecule has 2 saturated carbocycles. The van der Waals surface area contributed by atoms with Gasteiger partial charge >= 0.3 is 0 Å². The van der Waals surface area contributed by atoms with E-state index < -0.39 is 5.60 Å². The number of aliphatic hydroxyl groups is 1. The van der Waals surface area contributed by atoms with Gasteiger partial charge in [0.05, 0.1) is 18.8 Å². The molecule has 3 nitrogen and oxygen atoms in total. The quantitative estimate of drug-likeness (QED) is 0.849. The van der Waals surface area contributed by atoms with E-state index >= 15 is 0 Å². The lowest BCUT2D eigenvalue weighted by atomic mass is 10.0. The summed E-state index contributed by atoms with van der Waals surface area (Å²) in [7, 11) is 1.66. The first-order valence-electron chi connectivity index (χ1n) is 6.25. The zero-order valence-electron chi connectivity index (χ0n) is 10.1. The molecule has 0 radical (unpaired) electrons. The Morgan fingerprint density at radius 3 is 2.71 bits per heavy atom. The van der Waals surface area contributed by atoms with E-state index in [1.54, 1.807) is 7.11 Å². The van der Waals surface area contributed by atoms with Gasteiger partial charge in [0.15, 0.2) is 11.5 Å². The van der Waals surface area contributed by atoms with Gasteiger partial charge in [-0.15, -0.1) is 0 Å². The van der Waals surface area contributed by atoms with Gasteiger partial charge in [-0.2, -0.15) is 0 Å². The number of hydrogen-bond donors (Lipinski definition) is 1. The fourth-order valence-corrected chi connectivity index (χ4v) is 2.02. The van der Waals surface area contributed by atoms with Crippen LogP contribution in [0.25, 0.3) is 0 Å². The molecule has 3 rings (SSSR count). The van der Waals surface area contributed by atoms with Crippen molar-refractivity contribution in [2.75, 3.05) is 7.11 Å². The van der Waals surface area contributed by atoms with Gasteiger partial charge in [0.1, 0.15) is 0 Å². The molecule has 0 spiro atoms. The maximum absolute atomic E-state index is 10.0. The maximum Gasteiger partial charge on any atom is 0.164 e. The summed E-state index contributed by atoms with van der Waals surface area (Å²) in [4.78, 5) is 0. The molecule has 0 heterocycles. The Hall–Kier alpha value is -1.22. The highest BCUT2D eigenvalue weighted by Crippen LogP contribution is 2.43. The minimum atomic E-state index is -0.492. The molecule has 0 saturated heterocycles. The first kappa shape index (κ1) is 10.9. The topological polar surface area (TPSA) is 38.7 Å². The molecule has 2 aliphatic carbocycles. The molecule has 3 heteroatoms. The standard InChI is InChI=1S/C14H18O3/c1-16-12-4-2-3-10(9-14(15)7-8-14)13(12)17-11-5-6-11/h2-4,11,15H,5-9H2,1H3. The zero-order chi connectivity index (χ0) is 11.9. The molecule has 1 N–H and O–H groups in total. The average molecular weight is 234 g/mol. The third-order valence-electron chi connectivity index (χ3n) is 3.44. The smallest absolute Gasteiger partial charge is 0.164 e. The molecule has 0 atom stereocenters. The molecule has 2 fully saturated rings. The van der Waals surface area contributed by atoms with E-state index in [1.165, 1.54) is 0 Å². The molecule has 2 aliphatic rings. The van der Waals surface area contributed by atoms with Gasteiger partial charge in [-0.3, -0.25) is 0 Å². The van der Waals surface area contributed by atoms with E-state index in [0.29, 0.717) is 12.5 Å². The summed E-state index contributed by atoms with van der Waals surface area (Å²) in [5.41, 5.74) is 0.574. The van der Waals surface area contributed by atoms with Gasteiger partial charge < -0.3 is 14.6 Å². The molecule has 0 aliphatic heterocycles. The molecule has 92 valence electrons. The molecule has 0 unspecified atom stereocenters. The number of benzene rings is 1. The molecule has 1 aromatic rings. The van der Waals surface area contributed by atoms with Crippen molar-refractivity contribution in [2.45, 2.75) is 43.8 Å². The number of rotatable bonds is 5. The zero-order valence-corrected chi connectivity index (χ0v) is 10.1. The van der Waals surface area contributed by atoms with Crippen LogP contribution in [0.15, 0.2) is 18.2 Å². The SMILES string of the molecule is COc1cccc(CC2(O)CC2)c1OC1CC1. The predicted molar refractivity (Wildman–Crippen MR) is 64.5 cm³/mol. The van der Waals surface area contributed by atoms with Crippen LogP contribution in [0.5, 0.6) is 11.5 Å². The molecule has 17 heavy (non-hydrogen) atoms.